The van der Waals surface area contributed by atoms with Gasteiger partial charge in [-0.2, -0.15) is 13.2 Å². The van der Waals surface area contributed by atoms with Crippen LogP contribution in [-0.4, -0.2) is 11.7 Å². The average Bonchev–Trinajstić information content (AvgIpc) is 2.47. The second-order valence-electron chi connectivity index (χ2n) is 5.14. The van der Waals surface area contributed by atoms with Crippen LogP contribution in [0.2, 0.25) is 0 Å². The lowest BCUT2D eigenvalue weighted by Gasteiger charge is -2.36. The maximum Gasteiger partial charge on any atom is 0.416 e. The van der Waals surface area contributed by atoms with Crippen molar-refractivity contribution in [2.45, 2.75) is 18.2 Å². The third-order valence-electron chi connectivity index (χ3n) is 3.79. The molecule has 0 saturated heterocycles. The Kier molecular flexibility index (Phi) is 3.69. The van der Waals surface area contributed by atoms with Crippen molar-refractivity contribution in [3.63, 3.8) is 0 Å². The lowest BCUT2D eigenvalue weighted by atomic mass is 9.79. The Labute approximate surface area is 133 Å². The summed E-state index contributed by atoms with van der Waals surface area (Å²) in [6, 6.07) is 10.1. The van der Waals surface area contributed by atoms with E-state index in [4.69, 9.17) is 4.74 Å². The summed E-state index contributed by atoms with van der Waals surface area (Å²) >= 11 is 3.28. The zero-order chi connectivity index (χ0) is 16.0. The fraction of sp³-hybridized carbons (Fsp3) is 0.250. The Hall–Kier alpha value is -1.53. The van der Waals surface area contributed by atoms with E-state index in [0.717, 1.165) is 6.07 Å². The highest BCUT2D eigenvalue weighted by atomic mass is 79.9. The first-order valence-corrected chi connectivity index (χ1v) is 7.43. The predicted molar refractivity (Wildman–Crippen MR) is 78.7 cm³/mol. The summed E-state index contributed by atoms with van der Waals surface area (Å²) in [5, 5.41) is 11.1. The minimum Gasteiger partial charge on any atom is -0.493 e. The molecule has 2 nitrogen and oxygen atoms in total. The van der Waals surface area contributed by atoms with Gasteiger partial charge in [0, 0.05) is 22.0 Å². The Morgan fingerprint density at radius 2 is 1.82 bits per heavy atom. The predicted octanol–water partition coefficient (Wildman–Crippen LogP) is 4.49. The zero-order valence-corrected chi connectivity index (χ0v) is 12.9. The molecule has 22 heavy (non-hydrogen) atoms. The molecular formula is C16H12BrF3O2. The summed E-state index contributed by atoms with van der Waals surface area (Å²) in [5.41, 5.74) is -2.37. The molecule has 0 radical (unpaired) electrons. The van der Waals surface area contributed by atoms with Crippen LogP contribution in [0.4, 0.5) is 13.2 Å². The van der Waals surface area contributed by atoms with Gasteiger partial charge in [-0.1, -0.05) is 34.1 Å². The van der Waals surface area contributed by atoms with E-state index in [2.05, 4.69) is 15.9 Å². The molecule has 0 bridgehead atoms. The van der Waals surface area contributed by atoms with Crippen LogP contribution in [0.3, 0.4) is 0 Å². The molecule has 0 unspecified atom stereocenters. The second-order valence-corrected chi connectivity index (χ2v) is 6.06. The van der Waals surface area contributed by atoms with E-state index in [-0.39, 0.29) is 18.6 Å². The van der Waals surface area contributed by atoms with Gasteiger partial charge >= 0.3 is 6.18 Å². The summed E-state index contributed by atoms with van der Waals surface area (Å²) in [5.74, 6) is 0.397. The molecule has 1 aliphatic rings. The first-order chi connectivity index (χ1) is 10.3. The number of benzene rings is 2. The van der Waals surface area contributed by atoms with Crippen molar-refractivity contribution in [1.82, 2.24) is 0 Å². The summed E-state index contributed by atoms with van der Waals surface area (Å²) in [4.78, 5) is 0. The Morgan fingerprint density at radius 1 is 1.09 bits per heavy atom. The van der Waals surface area contributed by atoms with Crippen LogP contribution in [0.25, 0.3) is 0 Å². The summed E-state index contributed by atoms with van der Waals surface area (Å²) in [6.07, 6.45) is -4.47. The second kappa shape index (κ2) is 5.28. The highest BCUT2D eigenvalue weighted by Gasteiger charge is 2.44. The lowest BCUT2D eigenvalue weighted by molar-refractivity contribution is -0.140. The van der Waals surface area contributed by atoms with Crippen LogP contribution in [-0.2, 0) is 11.8 Å². The SMILES string of the molecule is O[C@@]1(c2ccccc2C(F)(F)F)CCOc2ccc(Br)cc21. The molecule has 6 heteroatoms. The maximum atomic E-state index is 13.3. The van der Waals surface area contributed by atoms with Crippen molar-refractivity contribution in [2.24, 2.45) is 0 Å². The molecule has 0 spiro atoms. The van der Waals surface area contributed by atoms with Crippen LogP contribution in [0.15, 0.2) is 46.9 Å². The zero-order valence-electron chi connectivity index (χ0n) is 11.3. The molecule has 0 fully saturated rings. The summed E-state index contributed by atoms with van der Waals surface area (Å²) in [7, 11) is 0. The van der Waals surface area contributed by atoms with Crippen molar-refractivity contribution < 1.29 is 23.0 Å². The van der Waals surface area contributed by atoms with E-state index >= 15 is 0 Å². The van der Waals surface area contributed by atoms with E-state index in [9.17, 15) is 18.3 Å². The summed E-state index contributed by atoms with van der Waals surface area (Å²) in [6.45, 7) is 0.150. The van der Waals surface area contributed by atoms with Gasteiger partial charge in [-0.15, -0.1) is 0 Å². The van der Waals surface area contributed by atoms with E-state index in [1.54, 1.807) is 18.2 Å². The number of halogens is 4. The van der Waals surface area contributed by atoms with Gasteiger partial charge < -0.3 is 9.84 Å². The molecule has 1 aliphatic heterocycles. The Balaban J connectivity index is 2.24. The molecule has 2 aromatic rings. The average molecular weight is 373 g/mol. The Morgan fingerprint density at radius 3 is 2.55 bits per heavy atom. The quantitative estimate of drug-likeness (QED) is 0.799. The standard InChI is InChI=1S/C16H12BrF3O2/c17-10-5-6-14-13(9-10)15(21,7-8-22-14)11-3-1-2-4-12(11)16(18,19)20/h1-6,9,21H,7-8H2/t15-/m1/s1. The van der Waals surface area contributed by atoms with Gasteiger partial charge in [0.2, 0.25) is 0 Å². The molecule has 116 valence electrons. The van der Waals surface area contributed by atoms with Gasteiger partial charge in [-0.05, 0) is 24.3 Å². The van der Waals surface area contributed by atoms with E-state index in [1.165, 1.54) is 18.2 Å². The maximum absolute atomic E-state index is 13.3. The van der Waals surface area contributed by atoms with Gasteiger partial charge in [-0.25, -0.2) is 0 Å². The first-order valence-electron chi connectivity index (χ1n) is 6.64. The van der Waals surface area contributed by atoms with Crippen LogP contribution < -0.4 is 4.74 Å². The van der Waals surface area contributed by atoms with Crippen molar-refractivity contribution in [3.05, 3.63) is 63.6 Å². The minimum absolute atomic E-state index is 0.0591. The molecule has 0 aromatic heterocycles. The summed E-state index contributed by atoms with van der Waals surface area (Å²) < 4.78 is 46.0. The van der Waals surface area contributed by atoms with Crippen LogP contribution in [0.1, 0.15) is 23.1 Å². The van der Waals surface area contributed by atoms with E-state index in [1.807, 2.05) is 0 Å². The third kappa shape index (κ3) is 2.50. The third-order valence-corrected chi connectivity index (χ3v) is 4.28. The lowest BCUT2D eigenvalue weighted by Crippen LogP contribution is -2.35. The fourth-order valence-electron chi connectivity index (χ4n) is 2.77. The molecule has 2 aromatic carbocycles. The number of ether oxygens (including phenoxy) is 1. The Bertz CT molecular complexity index is 715. The van der Waals surface area contributed by atoms with Gasteiger partial charge in [0.1, 0.15) is 11.4 Å². The molecule has 1 heterocycles. The monoisotopic (exact) mass is 372 g/mol. The number of hydrogen-bond acceptors (Lipinski definition) is 2. The normalized spacial score (nSPS) is 21.1. The van der Waals surface area contributed by atoms with Gasteiger partial charge in [0.05, 0.1) is 12.2 Å². The number of alkyl halides is 3. The molecule has 3 rings (SSSR count). The number of hydrogen-bond donors (Lipinski definition) is 1. The molecule has 1 N–H and O–H groups in total. The molecule has 0 aliphatic carbocycles. The van der Waals surface area contributed by atoms with Gasteiger partial charge in [0.15, 0.2) is 0 Å². The van der Waals surface area contributed by atoms with E-state index < -0.39 is 17.3 Å². The topological polar surface area (TPSA) is 29.5 Å². The van der Waals surface area contributed by atoms with Crippen molar-refractivity contribution in [2.75, 3.05) is 6.61 Å². The molecule has 0 amide bonds. The van der Waals surface area contributed by atoms with Crippen molar-refractivity contribution in [3.8, 4) is 5.75 Å². The number of rotatable bonds is 1. The van der Waals surface area contributed by atoms with Crippen molar-refractivity contribution in [1.29, 1.82) is 0 Å². The number of fused-ring (bicyclic) bond motifs is 1. The van der Waals surface area contributed by atoms with Gasteiger partial charge in [-0.3, -0.25) is 0 Å². The van der Waals surface area contributed by atoms with Crippen LogP contribution >= 0.6 is 15.9 Å². The molecule has 1 atom stereocenters. The smallest absolute Gasteiger partial charge is 0.416 e. The molecular weight excluding hydrogens is 361 g/mol. The molecule has 0 saturated carbocycles. The number of aliphatic hydroxyl groups is 1. The van der Waals surface area contributed by atoms with Crippen LogP contribution in [0, 0.1) is 0 Å². The fourth-order valence-corrected chi connectivity index (χ4v) is 3.13. The van der Waals surface area contributed by atoms with Crippen LogP contribution in [0.5, 0.6) is 5.75 Å². The minimum atomic E-state index is -4.53. The van der Waals surface area contributed by atoms with Crippen molar-refractivity contribution >= 4 is 15.9 Å². The first kappa shape index (κ1) is 15.4. The highest BCUT2D eigenvalue weighted by Crippen LogP contribution is 2.46. The van der Waals surface area contributed by atoms with Gasteiger partial charge in [0.25, 0.3) is 0 Å². The van der Waals surface area contributed by atoms with E-state index in [0.29, 0.717) is 15.8 Å². The highest BCUT2D eigenvalue weighted by molar-refractivity contribution is 9.10. The largest absolute Gasteiger partial charge is 0.493 e.